The van der Waals surface area contributed by atoms with Gasteiger partial charge in [-0.25, -0.2) is 0 Å². The van der Waals surface area contributed by atoms with Crippen LogP contribution in [0, 0.1) is 11.3 Å². The SMILES string of the molecule is N#CCc1ccc(Cl)c(OC(F)(F)F)c1. The van der Waals surface area contributed by atoms with E-state index in [-0.39, 0.29) is 11.4 Å². The molecule has 0 heterocycles. The minimum Gasteiger partial charge on any atom is -0.404 e. The Morgan fingerprint density at radius 2 is 2.07 bits per heavy atom. The van der Waals surface area contributed by atoms with Crippen molar-refractivity contribution in [3.63, 3.8) is 0 Å². The molecule has 1 rings (SSSR count). The van der Waals surface area contributed by atoms with E-state index in [1.807, 2.05) is 6.07 Å². The van der Waals surface area contributed by atoms with Gasteiger partial charge >= 0.3 is 6.36 Å². The van der Waals surface area contributed by atoms with Crippen LogP contribution in [0.5, 0.6) is 5.75 Å². The lowest BCUT2D eigenvalue weighted by Crippen LogP contribution is -2.17. The maximum Gasteiger partial charge on any atom is 0.573 e. The van der Waals surface area contributed by atoms with Gasteiger partial charge < -0.3 is 4.74 Å². The lowest BCUT2D eigenvalue weighted by atomic mass is 10.1. The van der Waals surface area contributed by atoms with Crippen molar-refractivity contribution >= 4 is 11.6 Å². The van der Waals surface area contributed by atoms with Crippen molar-refractivity contribution in [3.05, 3.63) is 28.8 Å². The second kappa shape index (κ2) is 4.41. The van der Waals surface area contributed by atoms with Crippen molar-refractivity contribution < 1.29 is 17.9 Å². The van der Waals surface area contributed by atoms with Crippen LogP contribution in [0.1, 0.15) is 5.56 Å². The van der Waals surface area contributed by atoms with Crippen LogP contribution < -0.4 is 4.74 Å². The van der Waals surface area contributed by atoms with Crippen molar-refractivity contribution in [2.75, 3.05) is 0 Å². The van der Waals surface area contributed by atoms with Crippen LogP contribution in [0.4, 0.5) is 13.2 Å². The number of halogens is 4. The van der Waals surface area contributed by atoms with E-state index in [2.05, 4.69) is 4.74 Å². The molecule has 0 radical (unpaired) electrons. The highest BCUT2D eigenvalue weighted by Gasteiger charge is 2.32. The van der Waals surface area contributed by atoms with E-state index in [1.165, 1.54) is 12.1 Å². The molecule has 0 aliphatic heterocycles. The Labute approximate surface area is 88.8 Å². The zero-order valence-corrected chi connectivity index (χ0v) is 8.06. The summed E-state index contributed by atoms with van der Waals surface area (Å²) in [6.07, 6.45) is -4.78. The summed E-state index contributed by atoms with van der Waals surface area (Å²) in [5.74, 6) is -0.489. The fourth-order valence-electron chi connectivity index (χ4n) is 0.952. The van der Waals surface area contributed by atoms with Crippen LogP contribution in [-0.4, -0.2) is 6.36 Å². The first-order valence-electron chi connectivity index (χ1n) is 3.83. The van der Waals surface area contributed by atoms with E-state index in [0.29, 0.717) is 5.56 Å². The zero-order chi connectivity index (χ0) is 11.5. The maximum atomic E-state index is 11.9. The summed E-state index contributed by atoms with van der Waals surface area (Å²) in [5.41, 5.74) is 0.418. The number of hydrogen-bond acceptors (Lipinski definition) is 2. The smallest absolute Gasteiger partial charge is 0.404 e. The maximum absolute atomic E-state index is 11.9. The first kappa shape index (κ1) is 11.7. The summed E-state index contributed by atoms with van der Waals surface area (Å²) in [4.78, 5) is 0. The Morgan fingerprint density at radius 3 is 2.60 bits per heavy atom. The summed E-state index contributed by atoms with van der Waals surface area (Å²) in [6, 6.07) is 5.64. The van der Waals surface area contributed by atoms with Gasteiger partial charge in [0.2, 0.25) is 0 Å². The van der Waals surface area contributed by atoms with Crippen LogP contribution in [0.25, 0.3) is 0 Å². The van der Waals surface area contributed by atoms with Gasteiger partial charge in [0.25, 0.3) is 0 Å². The number of ether oxygens (including phenoxy) is 1. The molecule has 1 aromatic carbocycles. The lowest BCUT2D eigenvalue weighted by molar-refractivity contribution is -0.274. The molecular formula is C9H5ClF3NO. The molecular weight excluding hydrogens is 231 g/mol. The number of nitrogens with zero attached hydrogens (tertiary/aromatic N) is 1. The molecule has 0 unspecified atom stereocenters. The molecule has 0 aliphatic rings. The molecule has 0 aromatic heterocycles. The molecule has 0 bridgehead atoms. The normalized spacial score (nSPS) is 10.9. The monoisotopic (exact) mass is 235 g/mol. The number of nitriles is 1. The minimum atomic E-state index is -4.78. The predicted octanol–water partition coefficient (Wildman–Crippen LogP) is 3.30. The van der Waals surface area contributed by atoms with Gasteiger partial charge in [-0.1, -0.05) is 17.7 Å². The number of rotatable bonds is 2. The summed E-state index contributed by atoms with van der Waals surface area (Å²) in [5, 5.41) is 8.22. The second-order valence-electron chi connectivity index (χ2n) is 2.65. The zero-order valence-electron chi connectivity index (χ0n) is 7.31. The average molecular weight is 236 g/mol. The molecule has 1 aromatic rings. The summed E-state index contributed by atoms with van der Waals surface area (Å²) >= 11 is 5.49. The van der Waals surface area contributed by atoms with E-state index < -0.39 is 12.1 Å². The second-order valence-corrected chi connectivity index (χ2v) is 3.05. The van der Waals surface area contributed by atoms with Crippen molar-refractivity contribution in [1.82, 2.24) is 0 Å². The molecule has 0 aliphatic carbocycles. The van der Waals surface area contributed by atoms with Gasteiger partial charge in [0.1, 0.15) is 5.75 Å². The Hall–Kier alpha value is -1.41. The fourth-order valence-corrected chi connectivity index (χ4v) is 1.11. The molecule has 2 nitrogen and oxygen atoms in total. The predicted molar refractivity (Wildman–Crippen MR) is 47.5 cm³/mol. The minimum absolute atomic E-state index is 0.00534. The molecule has 0 spiro atoms. The van der Waals surface area contributed by atoms with E-state index in [9.17, 15) is 13.2 Å². The molecule has 0 amide bonds. The van der Waals surface area contributed by atoms with Gasteiger partial charge in [-0.2, -0.15) is 5.26 Å². The van der Waals surface area contributed by atoms with Crippen molar-refractivity contribution in [3.8, 4) is 11.8 Å². The van der Waals surface area contributed by atoms with Crippen LogP contribution in [-0.2, 0) is 6.42 Å². The van der Waals surface area contributed by atoms with Gasteiger partial charge in [-0.15, -0.1) is 13.2 Å². The molecule has 0 saturated carbocycles. The van der Waals surface area contributed by atoms with Crippen LogP contribution in [0.15, 0.2) is 18.2 Å². The topological polar surface area (TPSA) is 33.0 Å². The molecule has 0 fully saturated rings. The molecule has 15 heavy (non-hydrogen) atoms. The van der Waals surface area contributed by atoms with Gasteiger partial charge in [0.05, 0.1) is 17.5 Å². The lowest BCUT2D eigenvalue weighted by Gasteiger charge is -2.10. The Morgan fingerprint density at radius 1 is 1.40 bits per heavy atom. The standard InChI is InChI=1S/C9H5ClF3NO/c10-7-2-1-6(3-4-14)5-8(7)15-9(11,12)13/h1-2,5H,3H2. The summed E-state index contributed by atoms with van der Waals surface area (Å²) < 4.78 is 39.4. The first-order valence-corrected chi connectivity index (χ1v) is 4.21. The van der Waals surface area contributed by atoms with Crippen molar-refractivity contribution in [2.45, 2.75) is 12.8 Å². The van der Waals surface area contributed by atoms with Gasteiger partial charge in [-0.05, 0) is 17.7 Å². The van der Waals surface area contributed by atoms with Crippen molar-refractivity contribution in [2.24, 2.45) is 0 Å². The highest BCUT2D eigenvalue weighted by molar-refractivity contribution is 6.32. The quantitative estimate of drug-likeness (QED) is 0.788. The van der Waals surface area contributed by atoms with E-state index in [1.54, 1.807) is 0 Å². The third-order valence-electron chi connectivity index (χ3n) is 1.50. The first-order chi connectivity index (χ1) is 6.92. The Kier molecular flexibility index (Phi) is 3.43. The van der Waals surface area contributed by atoms with Gasteiger partial charge in [-0.3, -0.25) is 0 Å². The highest BCUT2D eigenvalue weighted by atomic mass is 35.5. The van der Waals surface area contributed by atoms with E-state index in [4.69, 9.17) is 16.9 Å². The third-order valence-corrected chi connectivity index (χ3v) is 1.82. The number of hydrogen-bond donors (Lipinski definition) is 0. The molecule has 0 saturated heterocycles. The molecule has 0 N–H and O–H groups in total. The third kappa shape index (κ3) is 3.68. The van der Waals surface area contributed by atoms with Crippen LogP contribution in [0.3, 0.4) is 0 Å². The molecule has 0 atom stereocenters. The van der Waals surface area contributed by atoms with Crippen molar-refractivity contribution in [1.29, 1.82) is 5.26 Å². The average Bonchev–Trinajstić information content (AvgIpc) is 2.09. The molecule has 80 valence electrons. The van der Waals surface area contributed by atoms with E-state index >= 15 is 0 Å². The van der Waals surface area contributed by atoms with Crippen LogP contribution in [0.2, 0.25) is 5.02 Å². The van der Waals surface area contributed by atoms with Gasteiger partial charge in [0, 0.05) is 0 Å². The summed E-state index contributed by atoms with van der Waals surface area (Å²) in [6.45, 7) is 0. The Bertz CT molecular complexity index is 397. The molecule has 6 heteroatoms. The fraction of sp³-hybridized carbons (Fsp3) is 0.222. The number of alkyl halides is 3. The van der Waals surface area contributed by atoms with E-state index in [0.717, 1.165) is 6.07 Å². The number of benzene rings is 1. The summed E-state index contributed by atoms with van der Waals surface area (Å²) in [7, 11) is 0. The van der Waals surface area contributed by atoms with Crippen LogP contribution >= 0.6 is 11.6 Å². The Balaban J connectivity index is 2.96. The highest BCUT2D eigenvalue weighted by Crippen LogP contribution is 2.30. The largest absolute Gasteiger partial charge is 0.573 e. The van der Waals surface area contributed by atoms with Gasteiger partial charge in [0.15, 0.2) is 0 Å².